The van der Waals surface area contributed by atoms with Crippen molar-refractivity contribution in [2.24, 2.45) is 5.73 Å². The lowest BCUT2D eigenvalue weighted by Gasteiger charge is -2.16. The van der Waals surface area contributed by atoms with E-state index in [1.807, 2.05) is 6.92 Å². The number of carbonyl (C=O) groups is 2. The zero-order chi connectivity index (χ0) is 13.7. The van der Waals surface area contributed by atoms with E-state index in [1.54, 1.807) is 19.2 Å². The van der Waals surface area contributed by atoms with E-state index in [2.05, 4.69) is 0 Å². The van der Waals surface area contributed by atoms with Crippen molar-refractivity contribution in [3.05, 3.63) is 23.8 Å². The Bertz CT molecular complexity index is 460. The second-order valence-corrected chi connectivity index (χ2v) is 3.78. The normalized spacial score (nSPS) is 9.89. The Balaban J connectivity index is 2.84. The summed E-state index contributed by atoms with van der Waals surface area (Å²) in [6, 6.07) is 4.68. The average molecular weight is 251 g/mol. The molecule has 0 saturated carbocycles. The molecule has 98 valence electrons. The van der Waals surface area contributed by atoms with Crippen LogP contribution in [0.2, 0.25) is 0 Å². The highest BCUT2D eigenvalue weighted by Crippen LogP contribution is 2.25. The topological polar surface area (TPSA) is 98.7 Å². The molecule has 18 heavy (non-hydrogen) atoms. The number of rotatable bonds is 5. The SMILES string of the molecule is CCN(C)C(=O)COc1c(N)cccc1C(N)=O. The molecule has 1 aromatic carbocycles. The van der Waals surface area contributed by atoms with Crippen molar-refractivity contribution in [3.63, 3.8) is 0 Å². The van der Waals surface area contributed by atoms with E-state index in [4.69, 9.17) is 16.2 Å². The highest BCUT2D eigenvalue weighted by atomic mass is 16.5. The number of carbonyl (C=O) groups excluding carboxylic acids is 2. The van der Waals surface area contributed by atoms with E-state index in [9.17, 15) is 9.59 Å². The number of benzene rings is 1. The molecular formula is C12H17N3O3. The van der Waals surface area contributed by atoms with Gasteiger partial charge in [0.05, 0.1) is 11.3 Å². The molecule has 0 radical (unpaired) electrons. The average Bonchev–Trinajstić information content (AvgIpc) is 2.35. The second kappa shape index (κ2) is 5.90. The molecular weight excluding hydrogens is 234 g/mol. The zero-order valence-electron chi connectivity index (χ0n) is 10.5. The Morgan fingerprint density at radius 3 is 2.61 bits per heavy atom. The van der Waals surface area contributed by atoms with Gasteiger partial charge in [0.2, 0.25) is 0 Å². The van der Waals surface area contributed by atoms with Crippen molar-refractivity contribution in [2.45, 2.75) is 6.92 Å². The predicted octanol–water partition coefficient (Wildman–Crippen LogP) is 0.225. The molecule has 0 atom stereocenters. The van der Waals surface area contributed by atoms with Crippen LogP contribution in [0.25, 0.3) is 0 Å². The van der Waals surface area contributed by atoms with Gasteiger partial charge in [0.1, 0.15) is 0 Å². The molecule has 0 fully saturated rings. The van der Waals surface area contributed by atoms with E-state index in [1.165, 1.54) is 11.0 Å². The number of nitrogens with zero attached hydrogens (tertiary/aromatic N) is 1. The summed E-state index contributed by atoms with van der Waals surface area (Å²) in [7, 11) is 1.66. The fourth-order valence-corrected chi connectivity index (χ4v) is 1.33. The fraction of sp³-hybridized carbons (Fsp3) is 0.333. The van der Waals surface area contributed by atoms with E-state index in [0.29, 0.717) is 6.54 Å². The third-order valence-corrected chi connectivity index (χ3v) is 2.55. The number of primary amides is 1. The third-order valence-electron chi connectivity index (χ3n) is 2.55. The van der Waals surface area contributed by atoms with Gasteiger partial charge in [0.15, 0.2) is 12.4 Å². The number of hydrogen-bond acceptors (Lipinski definition) is 4. The van der Waals surface area contributed by atoms with E-state index in [-0.39, 0.29) is 29.5 Å². The van der Waals surface area contributed by atoms with Crippen molar-refractivity contribution < 1.29 is 14.3 Å². The molecule has 4 N–H and O–H groups in total. The van der Waals surface area contributed by atoms with Gasteiger partial charge in [-0.3, -0.25) is 9.59 Å². The van der Waals surface area contributed by atoms with Crippen LogP contribution in [0.3, 0.4) is 0 Å². The Morgan fingerprint density at radius 1 is 1.39 bits per heavy atom. The van der Waals surface area contributed by atoms with E-state index in [0.717, 1.165) is 0 Å². The largest absolute Gasteiger partial charge is 0.481 e. The van der Waals surface area contributed by atoms with Crippen molar-refractivity contribution in [2.75, 3.05) is 25.9 Å². The first-order valence-corrected chi connectivity index (χ1v) is 5.52. The number of likely N-dealkylation sites (N-methyl/N-ethyl adjacent to an activating group) is 1. The molecule has 0 bridgehead atoms. The number of para-hydroxylation sites is 1. The molecule has 0 spiro atoms. The van der Waals surface area contributed by atoms with Gasteiger partial charge < -0.3 is 21.1 Å². The quantitative estimate of drug-likeness (QED) is 0.731. The minimum atomic E-state index is -0.645. The summed E-state index contributed by atoms with van der Waals surface area (Å²) in [4.78, 5) is 24.3. The molecule has 6 nitrogen and oxygen atoms in total. The summed E-state index contributed by atoms with van der Waals surface area (Å²) >= 11 is 0. The molecule has 0 saturated heterocycles. The monoisotopic (exact) mass is 251 g/mol. The first kappa shape index (κ1) is 13.8. The van der Waals surface area contributed by atoms with Gasteiger partial charge >= 0.3 is 0 Å². The molecule has 2 amide bonds. The van der Waals surface area contributed by atoms with Gasteiger partial charge in [-0.15, -0.1) is 0 Å². The number of anilines is 1. The Labute approximate surface area is 105 Å². The summed E-state index contributed by atoms with van der Waals surface area (Å²) in [5.74, 6) is -0.687. The standard InChI is InChI=1S/C12H17N3O3/c1-3-15(2)10(16)7-18-11-8(12(14)17)5-4-6-9(11)13/h4-6H,3,7,13H2,1-2H3,(H2,14,17). The molecule has 1 aromatic rings. The van der Waals surface area contributed by atoms with Crippen LogP contribution in [0.5, 0.6) is 5.75 Å². The maximum atomic E-state index is 11.6. The molecule has 6 heteroatoms. The van der Waals surface area contributed by atoms with Crippen LogP contribution in [0.15, 0.2) is 18.2 Å². The first-order valence-electron chi connectivity index (χ1n) is 5.52. The van der Waals surface area contributed by atoms with Crippen LogP contribution < -0.4 is 16.2 Å². The number of amides is 2. The van der Waals surface area contributed by atoms with Crippen LogP contribution >= 0.6 is 0 Å². The first-order chi connectivity index (χ1) is 8.47. The number of ether oxygens (including phenoxy) is 1. The molecule has 0 aromatic heterocycles. The lowest BCUT2D eigenvalue weighted by Crippen LogP contribution is -2.31. The summed E-state index contributed by atoms with van der Waals surface area (Å²) in [6.07, 6.45) is 0. The number of nitrogen functional groups attached to an aromatic ring is 1. The van der Waals surface area contributed by atoms with Gasteiger partial charge in [-0.05, 0) is 19.1 Å². The summed E-state index contributed by atoms with van der Waals surface area (Å²) in [5.41, 5.74) is 11.3. The zero-order valence-corrected chi connectivity index (χ0v) is 10.5. The lowest BCUT2D eigenvalue weighted by atomic mass is 10.1. The molecule has 0 aliphatic carbocycles. The number of hydrogen-bond donors (Lipinski definition) is 2. The molecule has 0 aliphatic heterocycles. The van der Waals surface area contributed by atoms with Crippen molar-refractivity contribution in [1.82, 2.24) is 4.90 Å². The van der Waals surface area contributed by atoms with Gasteiger partial charge in [0.25, 0.3) is 11.8 Å². The Kier molecular flexibility index (Phi) is 4.53. The van der Waals surface area contributed by atoms with Crippen LogP contribution in [0, 0.1) is 0 Å². The summed E-state index contributed by atoms with van der Waals surface area (Å²) < 4.78 is 5.30. The van der Waals surface area contributed by atoms with Crippen molar-refractivity contribution in [3.8, 4) is 5.75 Å². The summed E-state index contributed by atoms with van der Waals surface area (Å²) in [5, 5.41) is 0. The van der Waals surface area contributed by atoms with E-state index >= 15 is 0 Å². The van der Waals surface area contributed by atoms with Crippen molar-refractivity contribution >= 4 is 17.5 Å². The fourth-order valence-electron chi connectivity index (χ4n) is 1.33. The van der Waals surface area contributed by atoms with Gasteiger partial charge in [0, 0.05) is 13.6 Å². The Morgan fingerprint density at radius 2 is 2.06 bits per heavy atom. The van der Waals surface area contributed by atoms with Crippen LogP contribution in [0.1, 0.15) is 17.3 Å². The predicted molar refractivity (Wildman–Crippen MR) is 68.2 cm³/mol. The third kappa shape index (κ3) is 3.13. The maximum absolute atomic E-state index is 11.6. The lowest BCUT2D eigenvalue weighted by molar-refractivity contribution is -0.131. The smallest absolute Gasteiger partial charge is 0.260 e. The van der Waals surface area contributed by atoms with Gasteiger partial charge in [-0.2, -0.15) is 0 Å². The van der Waals surface area contributed by atoms with Crippen molar-refractivity contribution in [1.29, 1.82) is 0 Å². The maximum Gasteiger partial charge on any atom is 0.260 e. The van der Waals surface area contributed by atoms with Gasteiger partial charge in [-0.25, -0.2) is 0 Å². The molecule has 1 rings (SSSR count). The second-order valence-electron chi connectivity index (χ2n) is 3.78. The van der Waals surface area contributed by atoms with E-state index < -0.39 is 5.91 Å². The summed E-state index contributed by atoms with van der Waals surface area (Å²) in [6.45, 7) is 2.25. The van der Waals surface area contributed by atoms with Crippen LogP contribution in [-0.2, 0) is 4.79 Å². The highest BCUT2D eigenvalue weighted by molar-refractivity contribution is 5.97. The number of nitrogens with two attached hydrogens (primary N) is 2. The van der Waals surface area contributed by atoms with Crippen LogP contribution in [-0.4, -0.2) is 36.9 Å². The minimum absolute atomic E-state index is 0.155. The Hall–Kier alpha value is -2.24. The molecule has 0 heterocycles. The molecule has 0 aliphatic rings. The van der Waals surface area contributed by atoms with Gasteiger partial charge in [-0.1, -0.05) is 6.07 Å². The molecule has 0 unspecified atom stereocenters. The highest BCUT2D eigenvalue weighted by Gasteiger charge is 2.15. The van der Waals surface area contributed by atoms with Crippen LogP contribution in [0.4, 0.5) is 5.69 Å². The minimum Gasteiger partial charge on any atom is -0.481 e.